The summed E-state index contributed by atoms with van der Waals surface area (Å²) in [5.74, 6) is 1.14. The molecule has 0 amide bonds. The van der Waals surface area contributed by atoms with Crippen LogP contribution in [-0.2, 0) is 4.74 Å². The van der Waals surface area contributed by atoms with Crippen molar-refractivity contribution in [3.8, 4) is 16.9 Å². The van der Waals surface area contributed by atoms with Gasteiger partial charge in [-0.15, -0.1) is 0 Å². The van der Waals surface area contributed by atoms with Gasteiger partial charge in [0.15, 0.2) is 11.6 Å². The van der Waals surface area contributed by atoms with Crippen molar-refractivity contribution in [2.45, 2.75) is 84.2 Å². The highest BCUT2D eigenvalue weighted by molar-refractivity contribution is 6.33. The fourth-order valence-corrected chi connectivity index (χ4v) is 5.77. The summed E-state index contributed by atoms with van der Waals surface area (Å²) in [6, 6.07) is 11.9. The Morgan fingerprint density at radius 1 is 0.971 bits per heavy atom. The molecule has 2 aromatic rings. The van der Waals surface area contributed by atoms with Crippen LogP contribution in [0.1, 0.15) is 83.6 Å². The van der Waals surface area contributed by atoms with Gasteiger partial charge in [0.1, 0.15) is 0 Å². The maximum atomic E-state index is 14.6. The molecule has 3 atom stereocenters. The van der Waals surface area contributed by atoms with E-state index in [2.05, 4.69) is 25.1 Å². The minimum Gasteiger partial charge on any atom is -0.490 e. The highest BCUT2D eigenvalue weighted by Crippen LogP contribution is 2.39. The lowest BCUT2D eigenvalue weighted by Crippen LogP contribution is -2.32. The van der Waals surface area contributed by atoms with Crippen molar-refractivity contribution in [2.75, 3.05) is 13.2 Å². The van der Waals surface area contributed by atoms with Crippen molar-refractivity contribution in [1.82, 2.24) is 0 Å². The molecular formula is C31H40ClFO2. The number of rotatable bonds is 10. The van der Waals surface area contributed by atoms with Gasteiger partial charge in [0, 0.05) is 12.2 Å². The minimum atomic E-state index is -0.486. The van der Waals surface area contributed by atoms with Crippen LogP contribution in [-0.4, -0.2) is 19.3 Å². The van der Waals surface area contributed by atoms with E-state index in [1.165, 1.54) is 56.1 Å². The zero-order chi connectivity index (χ0) is 24.6. The molecule has 0 spiro atoms. The fraction of sp³-hybridized carbons (Fsp3) is 0.548. The molecular weight excluding hydrogens is 459 g/mol. The molecule has 0 N–H and O–H groups in total. The molecule has 0 aromatic heterocycles. The molecule has 3 unspecified atom stereocenters. The number of benzene rings is 2. The minimum absolute atomic E-state index is 0.117. The lowest BCUT2D eigenvalue weighted by atomic mass is 9.80. The number of hydrogen-bond acceptors (Lipinski definition) is 2. The highest BCUT2D eigenvalue weighted by atomic mass is 35.5. The van der Waals surface area contributed by atoms with E-state index in [0.717, 1.165) is 37.4 Å². The largest absolute Gasteiger partial charge is 0.490 e. The quantitative estimate of drug-likeness (QED) is 0.303. The topological polar surface area (TPSA) is 18.5 Å². The third-order valence-corrected chi connectivity index (χ3v) is 8.04. The fourth-order valence-electron chi connectivity index (χ4n) is 5.51. The maximum absolute atomic E-state index is 14.6. The number of ether oxygens (including phenoxy) is 2. The van der Waals surface area contributed by atoms with Crippen LogP contribution < -0.4 is 4.74 Å². The van der Waals surface area contributed by atoms with E-state index in [0.29, 0.717) is 24.2 Å². The zero-order valence-corrected chi connectivity index (χ0v) is 22.1. The van der Waals surface area contributed by atoms with Crippen LogP contribution in [0.3, 0.4) is 0 Å². The molecule has 1 aliphatic carbocycles. The second-order valence-corrected chi connectivity index (χ2v) is 10.6. The maximum Gasteiger partial charge on any atom is 0.184 e. The molecule has 2 nitrogen and oxygen atoms in total. The highest BCUT2D eigenvalue weighted by Gasteiger charge is 2.29. The molecule has 0 radical (unpaired) electrons. The van der Waals surface area contributed by atoms with Gasteiger partial charge in [0.05, 0.1) is 17.7 Å². The molecule has 1 fully saturated rings. The molecule has 1 heterocycles. The van der Waals surface area contributed by atoms with Gasteiger partial charge in [-0.3, -0.25) is 0 Å². The van der Waals surface area contributed by atoms with E-state index in [-0.39, 0.29) is 10.8 Å². The Hall–Kier alpha value is -1.84. The van der Waals surface area contributed by atoms with Crippen LogP contribution in [0.5, 0.6) is 5.75 Å². The zero-order valence-electron chi connectivity index (χ0n) is 21.3. The van der Waals surface area contributed by atoms with Crippen molar-refractivity contribution in [1.29, 1.82) is 0 Å². The van der Waals surface area contributed by atoms with E-state index >= 15 is 0 Å². The standard InChI is InChI=1S/C31H40ClFO2/c1-3-5-6-7-22-8-18-28(35-21-22)26-15-11-24(12-16-26)23-9-13-25(14-10-23)27-17-19-29(34-20-4-2)31(33)30(27)32/h9-11,13-14,17,19,22,26,28H,3-8,12,15-16,18,20-21H2,1-2H3. The lowest BCUT2D eigenvalue weighted by molar-refractivity contribution is -0.0507. The summed E-state index contributed by atoms with van der Waals surface area (Å²) >= 11 is 6.35. The van der Waals surface area contributed by atoms with Crippen LogP contribution >= 0.6 is 11.6 Å². The summed E-state index contributed by atoms with van der Waals surface area (Å²) in [5.41, 5.74) is 4.26. The van der Waals surface area contributed by atoms with Gasteiger partial charge in [-0.05, 0) is 85.6 Å². The van der Waals surface area contributed by atoms with Crippen LogP contribution in [0.25, 0.3) is 16.7 Å². The van der Waals surface area contributed by atoms with Crippen LogP contribution in [0, 0.1) is 17.7 Å². The van der Waals surface area contributed by atoms with Crippen LogP contribution in [0.4, 0.5) is 4.39 Å². The first-order valence-electron chi connectivity index (χ1n) is 13.6. The molecule has 190 valence electrons. The van der Waals surface area contributed by atoms with Crippen molar-refractivity contribution in [3.05, 3.63) is 58.9 Å². The smallest absolute Gasteiger partial charge is 0.184 e. The predicted octanol–water partition coefficient (Wildman–Crippen LogP) is 9.49. The Balaban J connectivity index is 1.33. The summed E-state index contributed by atoms with van der Waals surface area (Å²) < 4.78 is 26.4. The first kappa shape index (κ1) is 26.2. The van der Waals surface area contributed by atoms with Gasteiger partial charge in [-0.25, -0.2) is 4.39 Å². The molecule has 2 aliphatic rings. The van der Waals surface area contributed by atoms with E-state index in [4.69, 9.17) is 21.1 Å². The van der Waals surface area contributed by atoms with Gasteiger partial charge >= 0.3 is 0 Å². The van der Waals surface area contributed by atoms with E-state index in [1.807, 2.05) is 25.1 Å². The summed E-state index contributed by atoms with van der Waals surface area (Å²) in [6.07, 6.45) is 14.9. The monoisotopic (exact) mass is 498 g/mol. The van der Waals surface area contributed by atoms with Crippen molar-refractivity contribution < 1.29 is 13.9 Å². The number of unbranched alkanes of at least 4 members (excludes halogenated alkanes) is 2. The van der Waals surface area contributed by atoms with E-state index in [9.17, 15) is 4.39 Å². The molecule has 1 aliphatic heterocycles. The average molecular weight is 499 g/mol. The Kier molecular flexibility index (Phi) is 9.68. The van der Waals surface area contributed by atoms with Crippen LogP contribution in [0.2, 0.25) is 5.02 Å². The van der Waals surface area contributed by atoms with Gasteiger partial charge in [-0.2, -0.15) is 0 Å². The molecule has 4 rings (SSSR count). The Morgan fingerprint density at radius 3 is 2.43 bits per heavy atom. The number of allylic oxidation sites excluding steroid dienone is 2. The summed E-state index contributed by atoms with van der Waals surface area (Å²) in [7, 11) is 0. The number of halogens is 2. The van der Waals surface area contributed by atoms with E-state index < -0.39 is 5.82 Å². The third kappa shape index (κ3) is 6.68. The molecule has 1 saturated heterocycles. The molecule has 0 saturated carbocycles. The van der Waals surface area contributed by atoms with Crippen molar-refractivity contribution >= 4 is 17.2 Å². The van der Waals surface area contributed by atoms with Gasteiger partial charge < -0.3 is 9.47 Å². The summed E-state index contributed by atoms with van der Waals surface area (Å²) in [6.45, 7) is 5.69. The third-order valence-electron chi connectivity index (χ3n) is 7.67. The van der Waals surface area contributed by atoms with Crippen LogP contribution in [0.15, 0.2) is 42.5 Å². The van der Waals surface area contributed by atoms with Crippen molar-refractivity contribution in [2.24, 2.45) is 11.8 Å². The first-order chi connectivity index (χ1) is 17.1. The summed E-state index contributed by atoms with van der Waals surface area (Å²) in [4.78, 5) is 0. The van der Waals surface area contributed by atoms with Gasteiger partial charge in [-0.1, -0.05) is 75.1 Å². The van der Waals surface area contributed by atoms with E-state index in [1.54, 1.807) is 6.07 Å². The molecule has 0 bridgehead atoms. The van der Waals surface area contributed by atoms with Gasteiger partial charge in [0.2, 0.25) is 0 Å². The second kappa shape index (κ2) is 12.9. The number of hydrogen-bond donors (Lipinski definition) is 0. The van der Waals surface area contributed by atoms with Crippen molar-refractivity contribution in [3.63, 3.8) is 0 Å². The lowest BCUT2D eigenvalue weighted by Gasteiger charge is -2.35. The van der Waals surface area contributed by atoms with Gasteiger partial charge in [0.25, 0.3) is 0 Å². The molecule has 35 heavy (non-hydrogen) atoms. The summed E-state index contributed by atoms with van der Waals surface area (Å²) in [5, 5.41) is 0.117. The predicted molar refractivity (Wildman–Crippen MR) is 145 cm³/mol. The second-order valence-electron chi connectivity index (χ2n) is 10.2. The Bertz CT molecular complexity index is 976. The Morgan fingerprint density at radius 2 is 1.77 bits per heavy atom. The normalized spacial score (nSPS) is 22.6. The SMILES string of the molecule is CCCCCC1CCC(C2CC=C(c3ccc(-c4ccc(OCCC)c(F)c4Cl)cc3)CC2)OC1. The Labute approximate surface area is 215 Å². The first-order valence-corrected chi connectivity index (χ1v) is 14.0. The average Bonchev–Trinajstić information content (AvgIpc) is 2.90. The molecule has 2 aromatic carbocycles. The molecule has 4 heteroatoms.